The summed E-state index contributed by atoms with van der Waals surface area (Å²) in [5.41, 5.74) is 2.78. The molecule has 0 aliphatic carbocycles. The highest BCUT2D eigenvalue weighted by Crippen LogP contribution is 2.29. The second-order valence-corrected chi connectivity index (χ2v) is 5.40. The van der Waals surface area contributed by atoms with Crippen molar-refractivity contribution in [3.8, 4) is 0 Å². The lowest BCUT2D eigenvalue weighted by Gasteiger charge is -2.31. The first-order chi connectivity index (χ1) is 9.78. The van der Waals surface area contributed by atoms with E-state index in [1.165, 1.54) is 12.0 Å². The summed E-state index contributed by atoms with van der Waals surface area (Å²) in [6.07, 6.45) is 2.30. The highest BCUT2D eigenvalue weighted by atomic mass is 16.5. The van der Waals surface area contributed by atoms with Crippen LogP contribution in [0, 0.1) is 5.92 Å². The first-order valence-corrected chi connectivity index (χ1v) is 7.31. The summed E-state index contributed by atoms with van der Waals surface area (Å²) in [6.45, 7) is 4.72. The second-order valence-electron chi connectivity index (χ2n) is 5.40. The molecule has 3 rings (SSSR count). The maximum atomic E-state index is 11.4. The largest absolute Gasteiger partial charge is 0.381 e. The molecule has 2 heterocycles. The van der Waals surface area contributed by atoms with Gasteiger partial charge in [0, 0.05) is 18.6 Å². The van der Waals surface area contributed by atoms with E-state index in [1.54, 1.807) is 0 Å². The zero-order valence-corrected chi connectivity index (χ0v) is 11.7. The summed E-state index contributed by atoms with van der Waals surface area (Å²) in [5.74, 6) is 0.492. The molecule has 0 radical (unpaired) electrons. The average Bonchev–Trinajstić information content (AvgIpc) is 2.84. The lowest BCUT2D eigenvalue weighted by Crippen LogP contribution is -2.33. The van der Waals surface area contributed by atoms with Gasteiger partial charge in [-0.25, -0.2) is 4.79 Å². The fourth-order valence-electron chi connectivity index (χ4n) is 3.05. The molecule has 1 fully saturated rings. The minimum Gasteiger partial charge on any atom is -0.381 e. The molecule has 1 aliphatic rings. The maximum Gasteiger partial charge on any atom is 0.323 e. The van der Waals surface area contributed by atoms with Crippen molar-refractivity contribution in [2.24, 2.45) is 5.92 Å². The number of imidazole rings is 1. The molecule has 1 aromatic carbocycles. The highest BCUT2D eigenvalue weighted by Gasteiger charge is 2.25. The number of nitrogens with one attached hydrogen (secondary N) is 3. The van der Waals surface area contributed by atoms with E-state index in [4.69, 9.17) is 4.74 Å². The van der Waals surface area contributed by atoms with Crippen LogP contribution in [0.1, 0.15) is 31.4 Å². The third-order valence-electron chi connectivity index (χ3n) is 3.99. The fourth-order valence-corrected chi connectivity index (χ4v) is 3.05. The van der Waals surface area contributed by atoms with E-state index in [0.717, 1.165) is 37.2 Å². The predicted octanol–water partition coefficient (Wildman–Crippen LogP) is 1.93. The number of ether oxygens (including phenoxy) is 1. The standard InChI is InChI=1S/C15H21N3O2/c1-2-16-14(11-4-3-7-20-9-11)10-5-6-12-13(8-10)18-15(19)17-12/h5-6,8,11,14,16H,2-4,7,9H2,1H3,(H2,17,18,19). The fraction of sp³-hybridized carbons (Fsp3) is 0.533. The molecule has 1 saturated heterocycles. The molecule has 5 nitrogen and oxygen atoms in total. The lowest BCUT2D eigenvalue weighted by atomic mass is 9.88. The molecule has 2 aromatic rings. The number of H-pyrrole nitrogens is 2. The number of hydrogen-bond donors (Lipinski definition) is 3. The van der Waals surface area contributed by atoms with Crippen molar-refractivity contribution in [2.45, 2.75) is 25.8 Å². The summed E-state index contributed by atoms with van der Waals surface area (Å²) >= 11 is 0. The van der Waals surface area contributed by atoms with Gasteiger partial charge in [0.15, 0.2) is 0 Å². The summed E-state index contributed by atoms with van der Waals surface area (Å²) in [4.78, 5) is 17.0. The van der Waals surface area contributed by atoms with Crippen LogP contribution in [0.25, 0.3) is 11.0 Å². The first-order valence-electron chi connectivity index (χ1n) is 7.31. The molecule has 0 spiro atoms. The number of fused-ring (bicyclic) bond motifs is 1. The quantitative estimate of drug-likeness (QED) is 0.798. The number of rotatable bonds is 4. The van der Waals surface area contributed by atoms with Crippen LogP contribution < -0.4 is 11.0 Å². The zero-order chi connectivity index (χ0) is 13.9. The topological polar surface area (TPSA) is 69.9 Å². The highest BCUT2D eigenvalue weighted by molar-refractivity contribution is 5.75. The van der Waals surface area contributed by atoms with Gasteiger partial charge in [-0.05, 0) is 37.1 Å². The van der Waals surface area contributed by atoms with Crippen molar-refractivity contribution < 1.29 is 4.74 Å². The van der Waals surface area contributed by atoms with Crippen molar-refractivity contribution >= 4 is 11.0 Å². The molecule has 2 atom stereocenters. The summed E-state index contributed by atoms with van der Waals surface area (Å²) in [5, 5.41) is 3.56. The van der Waals surface area contributed by atoms with Gasteiger partial charge in [0.25, 0.3) is 0 Å². The molecule has 20 heavy (non-hydrogen) atoms. The lowest BCUT2D eigenvalue weighted by molar-refractivity contribution is 0.0393. The van der Waals surface area contributed by atoms with Crippen LogP contribution in [-0.2, 0) is 4.74 Å². The number of aromatic nitrogens is 2. The predicted molar refractivity (Wildman–Crippen MR) is 78.9 cm³/mol. The van der Waals surface area contributed by atoms with Gasteiger partial charge in [0.2, 0.25) is 0 Å². The Morgan fingerprint density at radius 3 is 3.00 bits per heavy atom. The van der Waals surface area contributed by atoms with Gasteiger partial charge in [-0.2, -0.15) is 0 Å². The SMILES string of the molecule is CCNC(c1ccc2[nH]c(=O)[nH]c2c1)C1CCCOC1. The molecular weight excluding hydrogens is 254 g/mol. The van der Waals surface area contributed by atoms with Crippen molar-refractivity contribution in [3.63, 3.8) is 0 Å². The third kappa shape index (κ3) is 2.64. The molecular formula is C15H21N3O2. The Morgan fingerprint density at radius 2 is 2.25 bits per heavy atom. The molecule has 0 bridgehead atoms. The molecule has 0 saturated carbocycles. The Labute approximate surface area is 117 Å². The summed E-state index contributed by atoms with van der Waals surface area (Å²) < 4.78 is 5.62. The van der Waals surface area contributed by atoms with Crippen LogP contribution in [0.4, 0.5) is 0 Å². The Balaban J connectivity index is 1.92. The van der Waals surface area contributed by atoms with E-state index in [-0.39, 0.29) is 11.7 Å². The van der Waals surface area contributed by atoms with Gasteiger partial charge in [0.1, 0.15) is 0 Å². The van der Waals surface area contributed by atoms with Crippen LogP contribution >= 0.6 is 0 Å². The number of benzene rings is 1. The molecule has 5 heteroatoms. The Kier molecular flexibility index (Phi) is 3.89. The Hall–Kier alpha value is -1.59. The van der Waals surface area contributed by atoms with Crippen molar-refractivity contribution in [1.82, 2.24) is 15.3 Å². The minimum absolute atomic E-state index is 0.154. The maximum absolute atomic E-state index is 11.4. The van der Waals surface area contributed by atoms with E-state index < -0.39 is 0 Å². The van der Waals surface area contributed by atoms with Crippen LogP contribution in [0.3, 0.4) is 0 Å². The van der Waals surface area contributed by atoms with E-state index >= 15 is 0 Å². The average molecular weight is 275 g/mol. The molecule has 0 amide bonds. The van der Waals surface area contributed by atoms with Crippen LogP contribution in [0.5, 0.6) is 0 Å². The van der Waals surface area contributed by atoms with E-state index in [2.05, 4.69) is 34.3 Å². The van der Waals surface area contributed by atoms with Gasteiger partial charge >= 0.3 is 5.69 Å². The van der Waals surface area contributed by atoms with Gasteiger partial charge in [0.05, 0.1) is 17.6 Å². The van der Waals surface area contributed by atoms with Crippen molar-refractivity contribution in [1.29, 1.82) is 0 Å². The number of hydrogen-bond acceptors (Lipinski definition) is 3. The van der Waals surface area contributed by atoms with Crippen LogP contribution in [-0.4, -0.2) is 29.7 Å². The molecule has 1 aliphatic heterocycles. The Bertz CT molecular complexity index is 625. The molecule has 1 aromatic heterocycles. The van der Waals surface area contributed by atoms with E-state index in [0.29, 0.717) is 5.92 Å². The number of aromatic amines is 2. The summed E-state index contributed by atoms with van der Waals surface area (Å²) in [6, 6.07) is 6.41. The van der Waals surface area contributed by atoms with Crippen molar-refractivity contribution in [2.75, 3.05) is 19.8 Å². The van der Waals surface area contributed by atoms with Crippen LogP contribution in [0.15, 0.2) is 23.0 Å². The zero-order valence-electron chi connectivity index (χ0n) is 11.7. The van der Waals surface area contributed by atoms with Gasteiger partial charge in [-0.1, -0.05) is 13.0 Å². The molecule has 2 unspecified atom stereocenters. The van der Waals surface area contributed by atoms with E-state index in [1.807, 2.05) is 6.07 Å². The van der Waals surface area contributed by atoms with Gasteiger partial charge < -0.3 is 20.0 Å². The Morgan fingerprint density at radius 1 is 1.40 bits per heavy atom. The minimum atomic E-state index is -0.154. The molecule has 3 N–H and O–H groups in total. The first kappa shape index (κ1) is 13.4. The molecule has 108 valence electrons. The van der Waals surface area contributed by atoms with Crippen LogP contribution in [0.2, 0.25) is 0 Å². The normalized spacial score (nSPS) is 21.1. The van der Waals surface area contributed by atoms with E-state index in [9.17, 15) is 4.79 Å². The van der Waals surface area contributed by atoms with Gasteiger partial charge in [-0.15, -0.1) is 0 Å². The monoisotopic (exact) mass is 275 g/mol. The second kappa shape index (κ2) is 5.81. The van der Waals surface area contributed by atoms with Gasteiger partial charge in [-0.3, -0.25) is 0 Å². The smallest absolute Gasteiger partial charge is 0.323 e. The van der Waals surface area contributed by atoms with Crippen molar-refractivity contribution in [3.05, 3.63) is 34.2 Å². The third-order valence-corrected chi connectivity index (χ3v) is 3.99. The summed E-state index contributed by atoms with van der Waals surface area (Å²) in [7, 11) is 0.